The minimum absolute atomic E-state index is 0.0256. The number of rotatable bonds is 4. The van der Waals surface area contributed by atoms with Gasteiger partial charge >= 0.3 is 19.2 Å². The Kier molecular flexibility index (Phi) is 8.43. The highest BCUT2D eigenvalue weighted by molar-refractivity contribution is 7.48. The number of nitrogens with one attached hydrogen (secondary N) is 2. The van der Waals surface area contributed by atoms with Gasteiger partial charge in [0.15, 0.2) is 6.23 Å². The van der Waals surface area contributed by atoms with Gasteiger partial charge in [-0.25, -0.2) is 14.2 Å². The molecular formula is C23H29N4O13P. The molecule has 0 saturated carbocycles. The fraction of sp³-hybridized carbons (Fsp3) is 0.565. The van der Waals surface area contributed by atoms with Gasteiger partial charge in [0.1, 0.15) is 36.7 Å². The molecule has 2 fully saturated rings. The van der Waals surface area contributed by atoms with E-state index in [9.17, 15) is 39.1 Å². The van der Waals surface area contributed by atoms with Crippen LogP contribution in [-0.2, 0) is 34.0 Å². The lowest BCUT2D eigenvalue weighted by Crippen LogP contribution is -2.38. The van der Waals surface area contributed by atoms with Crippen LogP contribution >= 0.6 is 7.82 Å². The Morgan fingerprint density at radius 3 is 2.49 bits per heavy atom. The van der Waals surface area contributed by atoms with E-state index >= 15 is 0 Å². The van der Waals surface area contributed by atoms with Gasteiger partial charge in [-0.1, -0.05) is 12.2 Å². The summed E-state index contributed by atoms with van der Waals surface area (Å²) in [5.74, 6) is 0. The number of aryl methyl sites for hydroxylation is 1. The summed E-state index contributed by atoms with van der Waals surface area (Å²) in [6.45, 7) is -0.0151. The highest BCUT2D eigenvalue weighted by atomic mass is 31.2. The van der Waals surface area contributed by atoms with Crippen LogP contribution < -0.4 is 22.5 Å². The second-order valence-corrected chi connectivity index (χ2v) is 11.4. The molecule has 3 aliphatic heterocycles. The van der Waals surface area contributed by atoms with E-state index in [0.29, 0.717) is 0 Å². The molecule has 17 nitrogen and oxygen atoms in total. The van der Waals surface area contributed by atoms with Gasteiger partial charge < -0.3 is 24.8 Å². The van der Waals surface area contributed by atoms with E-state index in [1.807, 2.05) is 0 Å². The van der Waals surface area contributed by atoms with Crippen LogP contribution in [0.2, 0.25) is 0 Å². The van der Waals surface area contributed by atoms with E-state index in [1.54, 1.807) is 0 Å². The van der Waals surface area contributed by atoms with E-state index in [2.05, 4.69) is 9.97 Å². The third-order valence-corrected chi connectivity index (χ3v) is 8.42. The quantitative estimate of drug-likeness (QED) is 0.188. The lowest BCUT2D eigenvalue weighted by Gasteiger charge is -2.24. The highest BCUT2D eigenvalue weighted by Crippen LogP contribution is 2.53. The van der Waals surface area contributed by atoms with Crippen molar-refractivity contribution in [1.82, 2.24) is 19.1 Å². The third kappa shape index (κ3) is 5.99. The number of ether oxygens (including phenoxy) is 2. The maximum absolute atomic E-state index is 13.7. The van der Waals surface area contributed by atoms with Crippen LogP contribution in [0, 0.1) is 6.92 Å². The Bertz CT molecular complexity index is 1600. The third-order valence-electron chi connectivity index (χ3n) is 6.96. The average molecular weight is 600 g/mol. The van der Waals surface area contributed by atoms with Gasteiger partial charge in [-0.05, 0) is 13.3 Å². The summed E-state index contributed by atoms with van der Waals surface area (Å²) in [6, 6.07) is 0. The van der Waals surface area contributed by atoms with E-state index < -0.39 is 86.5 Å². The molecule has 4 bridgehead atoms. The van der Waals surface area contributed by atoms with Crippen LogP contribution in [0.3, 0.4) is 0 Å². The summed E-state index contributed by atoms with van der Waals surface area (Å²) in [4.78, 5) is 53.0. The fourth-order valence-corrected chi connectivity index (χ4v) is 6.09. The number of phosphoric ester groups is 1. The fourth-order valence-electron chi connectivity index (χ4n) is 4.75. The molecule has 18 heteroatoms. The van der Waals surface area contributed by atoms with Crippen LogP contribution in [0.5, 0.6) is 0 Å². The Hall–Kier alpha value is -2.99. The van der Waals surface area contributed by atoms with Gasteiger partial charge in [0.25, 0.3) is 11.1 Å². The molecule has 41 heavy (non-hydrogen) atoms. The SMILES string of the molecule is Cc1cn([C@H]2C[C@H](OP3(=O)OC/C=C/Cc4cn(c(=O)[nH]c4=O)[C@@H]4O[C@H](CO3)[C@H](O)[C@H]4O)[C@@H](CO)O2)c(=O)[nH]c1=O. The molecule has 224 valence electrons. The molecule has 0 amide bonds. The first-order valence-electron chi connectivity index (χ1n) is 12.7. The maximum atomic E-state index is 13.7. The van der Waals surface area contributed by atoms with E-state index in [4.69, 9.17) is 23.0 Å². The van der Waals surface area contributed by atoms with Gasteiger partial charge in [-0.3, -0.25) is 42.3 Å². The smallest absolute Gasteiger partial charge is 0.394 e. The number of aromatic nitrogens is 4. The van der Waals surface area contributed by atoms with Crippen molar-refractivity contribution in [3.8, 4) is 0 Å². The van der Waals surface area contributed by atoms with Gasteiger partial charge in [0, 0.05) is 29.9 Å². The second kappa shape index (κ2) is 11.7. The molecule has 0 aliphatic carbocycles. The van der Waals surface area contributed by atoms with Crippen LogP contribution in [-0.4, -0.2) is 84.8 Å². The van der Waals surface area contributed by atoms with Crippen molar-refractivity contribution in [2.45, 2.75) is 62.7 Å². The summed E-state index contributed by atoms with van der Waals surface area (Å²) in [6.07, 6.45) is -3.65. The first kappa shape index (κ1) is 29.5. The lowest BCUT2D eigenvalue weighted by atomic mass is 10.1. The van der Waals surface area contributed by atoms with E-state index in [-0.39, 0.29) is 30.6 Å². The number of aliphatic hydroxyl groups excluding tert-OH is 3. The van der Waals surface area contributed by atoms with Gasteiger partial charge in [-0.15, -0.1) is 0 Å². The van der Waals surface area contributed by atoms with Crippen molar-refractivity contribution in [3.63, 3.8) is 0 Å². The molecule has 0 radical (unpaired) electrons. The molecule has 5 N–H and O–H groups in total. The zero-order valence-electron chi connectivity index (χ0n) is 21.7. The van der Waals surface area contributed by atoms with Crippen LogP contribution in [0.25, 0.3) is 0 Å². The Labute approximate surface area is 230 Å². The molecule has 5 heterocycles. The maximum Gasteiger partial charge on any atom is 0.475 e. The predicted octanol–water partition coefficient (Wildman–Crippen LogP) is -2.07. The second-order valence-electron chi connectivity index (χ2n) is 9.75. The van der Waals surface area contributed by atoms with Crippen molar-refractivity contribution in [2.24, 2.45) is 0 Å². The summed E-state index contributed by atoms with van der Waals surface area (Å²) < 4.78 is 43.7. The molecule has 3 aliphatic rings. The number of H-pyrrole nitrogens is 2. The highest BCUT2D eigenvalue weighted by Gasteiger charge is 2.47. The van der Waals surface area contributed by atoms with Crippen molar-refractivity contribution in [1.29, 1.82) is 0 Å². The number of hydrogen-bond donors (Lipinski definition) is 5. The monoisotopic (exact) mass is 600 g/mol. The van der Waals surface area contributed by atoms with Crippen LogP contribution in [0.1, 0.15) is 30.0 Å². The Morgan fingerprint density at radius 2 is 1.73 bits per heavy atom. The number of phosphoric acid groups is 1. The van der Waals surface area contributed by atoms with Gasteiger partial charge in [-0.2, -0.15) is 0 Å². The Balaban J connectivity index is 1.39. The molecule has 2 saturated heterocycles. The molecule has 2 aromatic rings. The standard InChI is InChI=1S/C23H29N4O13P/c1-11-7-26(22(33)24-19(11)31)16-6-13(14(9-28)38-16)40-41(35)36-5-3-2-4-12-8-27(23(34)25-20(12)32)21-18(30)17(29)15(39-21)10-37-41/h2-3,7-8,13-18,21,28-30H,4-6,9-10H2,1H3,(H,24,31,33)(H,25,32,34)/b3-2+/t13-,14+,15+,16+,17-,18+,21+,41?/m0/s1. The zero-order valence-corrected chi connectivity index (χ0v) is 22.5. The van der Waals surface area contributed by atoms with Crippen molar-refractivity contribution >= 4 is 7.82 Å². The summed E-state index contributed by atoms with van der Waals surface area (Å²) in [5.41, 5.74) is -2.47. The number of allylic oxidation sites excluding steroid dienone is 1. The minimum atomic E-state index is -4.50. The largest absolute Gasteiger partial charge is 0.475 e. The number of fused-ring (bicyclic) bond motifs is 5. The average Bonchev–Trinajstić information content (AvgIpc) is 3.45. The van der Waals surface area contributed by atoms with Gasteiger partial charge in [0.05, 0.1) is 19.8 Å². The number of aliphatic hydroxyl groups is 3. The van der Waals surface area contributed by atoms with E-state index in [1.165, 1.54) is 31.5 Å². The summed E-state index contributed by atoms with van der Waals surface area (Å²) in [5, 5.41) is 31.0. The van der Waals surface area contributed by atoms with Crippen molar-refractivity contribution in [2.75, 3.05) is 19.8 Å². The number of nitrogens with zero attached hydrogens (tertiary/aromatic N) is 2. The summed E-state index contributed by atoms with van der Waals surface area (Å²) in [7, 11) is -4.50. The molecule has 8 atom stereocenters. The number of aromatic amines is 2. The van der Waals surface area contributed by atoms with Crippen LogP contribution in [0.4, 0.5) is 0 Å². The zero-order chi connectivity index (χ0) is 29.5. The summed E-state index contributed by atoms with van der Waals surface area (Å²) >= 11 is 0. The molecular weight excluding hydrogens is 571 g/mol. The van der Waals surface area contributed by atoms with Crippen molar-refractivity contribution in [3.05, 3.63) is 77.3 Å². The van der Waals surface area contributed by atoms with Gasteiger partial charge in [0.2, 0.25) is 0 Å². The first-order valence-corrected chi connectivity index (χ1v) is 14.1. The first-order chi connectivity index (χ1) is 19.5. The molecule has 0 aromatic carbocycles. The van der Waals surface area contributed by atoms with Crippen molar-refractivity contribution < 1.29 is 42.9 Å². The topological polar surface area (TPSA) is 234 Å². The molecule has 1 unspecified atom stereocenters. The number of hydrogen-bond acceptors (Lipinski definition) is 13. The van der Waals surface area contributed by atoms with E-state index in [0.717, 1.165) is 9.13 Å². The minimum Gasteiger partial charge on any atom is -0.394 e. The molecule has 2 aromatic heterocycles. The Morgan fingerprint density at radius 1 is 1.00 bits per heavy atom. The molecule has 5 rings (SSSR count). The molecule has 0 spiro atoms. The normalized spacial score (nSPS) is 34.8. The predicted molar refractivity (Wildman–Crippen MR) is 136 cm³/mol. The van der Waals surface area contributed by atoms with Crippen LogP contribution in [0.15, 0.2) is 43.7 Å². The lowest BCUT2D eigenvalue weighted by molar-refractivity contribution is -0.0632.